The third kappa shape index (κ3) is 3.10. The van der Waals surface area contributed by atoms with E-state index in [-0.39, 0.29) is 11.8 Å². The summed E-state index contributed by atoms with van der Waals surface area (Å²) in [6.07, 6.45) is 4.58. The average Bonchev–Trinajstić information content (AvgIpc) is 3.09. The molecule has 2 aromatic rings. The van der Waals surface area contributed by atoms with Crippen molar-refractivity contribution in [2.45, 2.75) is 38.8 Å². The maximum atomic E-state index is 12.7. The van der Waals surface area contributed by atoms with Crippen molar-refractivity contribution in [1.82, 2.24) is 19.4 Å². The van der Waals surface area contributed by atoms with E-state index in [1.54, 1.807) is 10.9 Å². The van der Waals surface area contributed by atoms with E-state index in [1.165, 1.54) is 29.9 Å². The second-order valence-corrected chi connectivity index (χ2v) is 7.31. The third-order valence-corrected chi connectivity index (χ3v) is 5.33. The molecule has 1 atom stereocenters. The minimum atomic E-state index is -0.0138. The van der Waals surface area contributed by atoms with Gasteiger partial charge in [0.05, 0.1) is 30.7 Å². The number of ether oxygens (including phenoxy) is 1. The van der Waals surface area contributed by atoms with E-state index in [4.69, 9.17) is 4.74 Å². The molecule has 0 bridgehead atoms. The van der Waals surface area contributed by atoms with Crippen LogP contribution in [0.2, 0.25) is 0 Å². The largest absolute Gasteiger partial charge is 0.381 e. The Morgan fingerprint density at radius 2 is 2.29 bits per heavy atom. The standard InChI is InChI=1S/C17H22N4O2S/c1-2-23-8-13-6-20(17(22)15-9-24-11-19-15)7-14-16(13)21(10-18-14)5-12-3-4-12/h9-13H,2-8H2,1H3/t13-/m0/s1. The molecule has 2 aliphatic rings. The molecule has 1 aliphatic heterocycles. The number of carbonyl (C=O) groups is 1. The number of thiazole rings is 1. The Labute approximate surface area is 145 Å². The molecular formula is C17H22N4O2S. The third-order valence-electron chi connectivity index (χ3n) is 4.74. The zero-order valence-electron chi connectivity index (χ0n) is 13.9. The molecule has 3 heterocycles. The van der Waals surface area contributed by atoms with Crippen LogP contribution in [-0.2, 0) is 17.8 Å². The highest BCUT2D eigenvalue weighted by atomic mass is 32.1. The van der Waals surface area contributed by atoms with Gasteiger partial charge in [0.25, 0.3) is 5.91 Å². The predicted molar refractivity (Wildman–Crippen MR) is 91.0 cm³/mol. The van der Waals surface area contributed by atoms with Gasteiger partial charge in [0.15, 0.2) is 0 Å². The number of carbonyl (C=O) groups excluding carboxylic acids is 1. The van der Waals surface area contributed by atoms with Crippen LogP contribution in [0.5, 0.6) is 0 Å². The summed E-state index contributed by atoms with van der Waals surface area (Å²) in [5.74, 6) is 0.961. The Hall–Kier alpha value is -1.73. The molecule has 7 heteroatoms. The van der Waals surface area contributed by atoms with Gasteiger partial charge in [0, 0.05) is 36.7 Å². The predicted octanol–water partition coefficient (Wildman–Crippen LogP) is 2.53. The van der Waals surface area contributed by atoms with Gasteiger partial charge in [0.2, 0.25) is 0 Å². The summed E-state index contributed by atoms with van der Waals surface area (Å²) in [4.78, 5) is 23.3. The van der Waals surface area contributed by atoms with Crippen molar-refractivity contribution in [2.24, 2.45) is 5.92 Å². The van der Waals surface area contributed by atoms with Gasteiger partial charge < -0.3 is 14.2 Å². The molecule has 1 aliphatic carbocycles. The molecular weight excluding hydrogens is 324 g/mol. The molecule has 0 spiro atoms. The maximum Gasteiger partial charge on any atom is 0.273 e. The van der Waals surface area contributed by atoms with Crippen molar-refractivity contribution in [3.63, 3.8) is 0 Å². The van der Waals surface area contributed by atoms with Crippen LogP contribution in [0.25, 0.3) is 0 Å². The molecule has 0 saturated heterocycles. The van der Waals surface area contributed by atoms with Gasteiger partial charge in [-0.05, 0) is 25.7 Å². The summed E-state index contributed by atoms with van der Waals surface area (Å²) < 4.78 is 7.99. The summed E-state index contributed by atoms with van der Waals surface area (Å²) in [6.45, 7) is 5.59. The van der Waals surface area contributed by atoms with Crippen molar-refractivity contribution in [2.75, 3.05) is 19.8 Å². The van der Waals surface area contributed by atoms with Crippen molar-refractivity contribution in [3.8, 4) is 0 Å². The Kier molecular flexibility index (Phi) is 4.37. The van der Waals surface area contributed by atoms with Gasteiger partial charge in [0.1, 0.15) is 5.69 Å². The number of fused-ring (bicyclic) bond motifs is 1. The van der Waals surface area contributed by atoms with Crippen LogP contribution in [0.15, 0.2) is 17.2 Å². The Morgan fingerprint density at radius 3 is 3.00 bits per heavy atom. The van der Waals surface area contributed by atoms with E-state index in [2.05, 4.69) is 14.5 Å². The van der Waals surface area contributed by atoms with Gasteiger partial charge >= 0.3 is 0 Å². The highest BCUT2D eigenvalue weighted by Crippen LogP contribution is 2.34. The van der Waals surface area contributed by atoms with Crippen molar-refractivity contribution < 1.29 is 9.53 Å². The van der Waals surface area contributed by atoms with E-state index >= 15 is 0 Å². The van der Waals surface area contributed by atoms with Crippen LogP contribution in [0.4, 0.5) is 0 Å². The molecule has 0 N–H and O–H groups in total. The fraction of sp³-hybridized carbons (Fsp3) is 0.588. The van der Waals surface area contributed by atoms with E-state index in [9.17, 15) is 4.79 Å². The van der Waals surface area contributed by atoms with Crippen LogP contribution < -0.4 is 0 Å². The smallest absolute Gasteiger partial charge is 0.273 e. The van der Waals surface area contributed by atoms with Gasteiger partial charge in [-0.25, -0.2) is 9.97 Å². The van der Waals surface area contributed by atoms with Crippen molar-refractivity contribution in [3.05, 3.63) is 34.3 Å². The zero-order valence-corrected chi connectivity index (χ0v) is 14.7. The molecule has 1 saturated carbocycles. The molecule has 2 aromatic heterocycles. The number of amides is 1. The summed E-state index contributed by atoms with van der Waals surface area (Å²) in [5, 5.41) is 1.81. The second kappa shape index (κ2) is 6.64. The van der Waals surface area contributed by atoms with E-state index < -0.39 is 0 Å². The Balaban J connectivity index is 1.59. The van der Waals surface area contributed by atoms with Gasteiger partial charge in [-0.2, -0.15) is 0 Å². The molecule has 0 unspecified atom stereocenters. The van der Waals surface area contributed by atoms with Crippen LogP contribution in [0.1, 0.15) is 47.6 Å². The van der Waals surface area contributed by atoms with Crippen LogP contribution in [0, 0.1) is 5.92 Å². The van der Waals surface area contributed by atoms with Crippen LogP contribution in [-0.4, -0.2) is 45.1 Å². The summed E-state index contributed by atoms with van der Waals surface area (Å²) >= 11 is 1.45. The number of aromatic nitrogens is 3. The van der Waals surface area contributed by atoms with E-state index in [0.717, 1.165) is 18.2 Å². The highest BCUT2D eigenvalue weighted by molar-refractivity contribution is 7.07. The van der Waals surface area contributed by atoms with Gasteiger partial charge in [-0.1, -0.05) is 0 Å². The van der Waals surface area contributed by atoms with Gasteiger partial charge in [-0.15, -0.1) is 11.3 Å². The highest BCUT2D eigenvalue weighted by Gasteiger charge is 2.34. The first-order valence-electron chi connectivity index (χ1n) is 8.55. The molecule has 1 amide bonds. The number of imidazole rings is 1. The van der Waals surface area contributed by atoms with Crippen molar-refractivity contribution in [1.29, 1.82) is 0 Å². The lowest BCUT2D eigenvalue weighted by atomic mass is 9.98. The zero-order chi connectivity index (χ0) is 16.5. The molecule has 0 radical (unpaired) electrons. The molecule has 128 valence electrons. The summed E-state index contributed by atoms with van der Waals surface area (Å²) in [7, 11) is 0. The lowest BCUT2D eigenvalue weighted by molar-refractivity contribution is 0.0639. The first-order valence-corrected chi connectivity index (χ1v) is 9.49. The number of nitrogens with zero attached hydrogens (tertiary/aromatic N) is 4. The van der Waals surface area contributed by atoms with Crippen molar-refractivity contribution >= 4 is 17.2 Å². The topological polar surface area (TPSA) is 60.2 Å². The fourth-order valence-corrected chi connectivity index (χ4v) is 3.90. The minimum Gasteiger partial charge on any atom is -0.381 e. The molecule has 1 fully saturated rings. The van der Waals surface area contributed by atoms with Crippen LogP contribution in [0.3, 0.4) is 0 Å². The Morgan fingerprint density at radius 1 is 1.42 bits per heavy atom. The average molecular weight is 346 g/mol. The minimum absolute atomic E-state index is 0.0138. The lowest BCUT2D eigenvalue weighted by Crippen LogP contribution is -2.40. The normalized spacial score (nSPS) is 20.2. The van der Waals surface area contributed by atoms with E-state index in [0.29, 0.717) is 32.0 Å². The first-order chi connectivity index (χ1) is 11.8. The van der Waals surface area contributed by atoms with E-state index in [1.807, 2.05) is 18.2 Å². The quantitative estimate of drug-likeness (QED) is 0.806. The SMILES string of the molecule is CCOC[C@@H]1CN(C(=O)c2cscn2)Cc2ncn(CC3CC3)c21. The molecule has 6 nitrogen and oxygen atoms in total. The summed E-state index contributed by atoms with van der Waals surface area (Å²) in [5.41, 5.74) is 4.49. The second-order valence-electron chi connectivity index (χ2n) is 6.59. The fourth-order valence-electron chi connectivity index (χ4n) is 3.37. The molecule has 0 aromatic carbocycles. The molecule has 4 rings (SSSR count). The summed E-state index contributed by atoms with van der Waals surface area (Å²) in [6, 6.07) is 0. The monoisotopic (exact) mass is 346 g/mol. The lowest BCUT2D eigenvalue weighted by Gasteiger charge is -2.33. The molecule has 24 heavy (non-hydrogen) atoms. The Bertz CT molecular complexity index is 708. The first kappa shape index (κ1) is 15.8. The van der Waals surface area contributed by atoms with Crippen LogP contribution >= 0.6 is 11.3 Å². The maximum absolute atomic E-state index is 12.7. The van der Waals surface area contributed by atoms with Gasteiger partial charge in [-0.3, -0.25) is 4.79 Å². The number of hydrogen-bond donors (Lipinski definition) is 0. The number of hydrogen-bond acceptors (Lipinski definition) is 5. The number of rotatable bonds is 6.